The molecule has 0 spiro atoms. The van der Waals surface area contributed by atoms with Crippen LogP contribution in [0.4, 0.5) is 23.7 Å². The van der Waals surface area contributed by atoms with E-state index in [0.29, 0.717) is 18.5 Å². The van der Waals surface area contributed by atoms with Crippen LogP contribution in [0.2, 0.25) is 0 Å². The summed E-state index contributed by atoms with van der Waals surface area (Å²) in [5.74, 6) is -0.347. The van der Waals surface area contributed by atoms with E-state index in [1.807, 2.05) is 19.1 Å². The summed E-state index contributed by atoms with van der Waals surface area (Å²) in [6.07, 6.45) is -4.76. The van der Waals surface area contributed by atoms with Crippen LogP contribution in [-0.2, 0) is 9.53 Å². The quantitative estimate of drug-likeness (QED) is 0.846. The van der Waals surface area contributed by atoms with E-state index in [9.17, 15) is 22.8 Å². The van der Waals surface area contributed by atoms with E-state index in [0.717, 1.165) is 10.5 Å². The highest BCUT2D eigenvalue weighted by Crippen LogP contribution is 2.24. The summed E-state index contributed by atoms with van der Waals surface area (Å²) >= 11 is 0. The molecule has 5 nitrogen and oxygen atoms in total. The Labute approximate surface area is 138 Å². The van der Waals surface area contributed by atoms with E-state index in [4.69, 9.17) is 0 Å². The van der Waals surface area contributed by atoms with E-state index in [2.05, 4.69) is 4.74 Å². The number of benzene rings is 1. The fraction of sp³-hybridized carbons (Fsp3) is 0.500. The third-order valence-corrected chi connectivity index (χ3v) is 3.88. The van der Waals surface area contributed by atoms with Crippen molar-refractivity contribution in [2.45, 2.75) is 32.0 Å². The number of alkyl halides is 3. The van der Waals surface area contributed by atoms with Crippen LogP contribution in [0.1, 0.15) is 18.4 Å². The van der Waals surface area contributed by atoms with E-state index in [-0.39, 0.29) is 12.5 Å². The minimum atomic E-state index is -4.59. The van der Waals surface area contributed by atoms with Crippen LogP contribution >= 0.6 is 0 Å². The van der Waals surface area contributed by atoms with Gasteiger partial charge in [0.25, 0.3) is 0 Å². The first kappa shape index (κ1) is 18.1. The van der Waals surface area contributed by atoms with Crippen molar-refractivity contribution in [3.63, 3.8) is 0 Å². The summed E-state index contributed by atoms with van der Waals surface area (Å²) in [6, 6.07) is 6.44. The maximum absolute atomic E-state index is 12.6. The van der Waals surface area contributed by atoms with Crippen LogP contribution in [0.5, 0.6) is 0 Å². The summed E-state index contributed by atoms with van der Waals surface area (Å²) in [5.41, 5.74) is 1.69. The van der Waals surface area contributed by atoms with Gasteiger partial charge in [0.2, 0.25) is 5.91 Å². The summed E-state index contributed by atoms with van der Waals surface area (Å²) in [6.45, 7) is 0.465. The predicted octanol–water partition coefficient (Wildman–Crippen LogP) is 3.12. The molecule has 0 aromatic heterocycles. The zero-order valence-electron chi connectivity index (χ0n) is 13.5. The smallest absolute Gasteiger partial charge is 0.422 e. The van der Waals surface area contributed by atoms with Crippen molar-refractivity contribution in [3.05, 3.63) is 29.8 Å². The zero-order chi connectivity index (χ0) is 17.9. The van der Waals surface area contributed by atoms with Crippen LogP contribution in [-0.4, -0.2) is 49.3 Å². The molecule has 2 rings (SSSR count). The molecule has 8 heteroatoms. The first-order valence-corrected chi connectivity index (χ1v) is 7.53. The molecule has 0 radical (unpaired) electrons. The number of hydrogen-bond donors (Lipinski definition) is 0. The van der Waals surface area contributed by atoms with Gasteiger partial charge in [0.1, 0.15) is 6.04 Å². The van der Waals surface area contributed by atoms with Gasteiger partial charge in [-0.15, -0.1) is 0 Å². The van der Waals surface area contributed by atoms with Crippen molar-refractivity contribution in [2.24, 2.45) is 0 Å². The Balaban J connectivity index is 2.04. The lowest BCUT2D eigenvalue weighted by atomic mass is 10.1. The number of amides is 2. The van der Waals surface area contributed by atoms with Crippen molar-refractivity contribution in [1.29, 1.82) is 0 Å². The van der Waals surface area contributed by atoms with Crippen molar-refractivity contribution in [1.82, 2.24) is 4.90 Å². The van der Waals surface area contributed by atoms with Gasteiger partial charge in [0.05, 0.1) is 0 Å². The molecule has 0 aliphatic carbocycles. The lowest BCUT2D eigenvalue weighted by Gasteiger charge is -2.27. The van der Waals surface area contributed by atoms with Gasteiger partial charge in [-0.3, -0.25) is 9.69 Å². The Bertz CT molecular complexity index is 602. The summed E-state index contributed by atoms with van der Waals surface area (Å²) in [7, 11) is 1.57. The molecule has 24 heavy (non-hydrogen) atoms. The van der Waals surface area contributed by atoms with Crippen molar-refractivity contribution < 1.29 is 27.5 Å². The summed E-state index contributed by atoms with van der Waals surface area (Å²) < 4.78 is 40.8. The third-order valence-electron chi connectivity index (χ3n) is 3.88. The van der Waals surface area contributed by atoms with Crippen LogP contribution in [0.3, 0.4) is 0 Å². The SMILES string of the molecule is Cc1ccc(N(C)C(=O)C2CCCN2C(=O)OCC(F)(F)F)cc1. The minimum Gasteiger partial charge on any atom is -0.440 e. The van der Waals surface area contributed by atoms with Gasteiger partial charge in [-0.2, -0.15) is 13.2 Å². The van der Waals surface area contributed by atoms with Crippen LogP contribution in [0.15, 0.2) is 24.3 Å². The number of carbonyl (C=O) groups excluding carboxylic acids is 2. The first-order chi connectivity index (χ1) is 11.2. The number of anilines is 1. The molecule has 1 saturated heterocycles. The molecule has 1 atom stereocenters. The molecule has 1 fully saturated rings. The van der Waals surface area contributed by atoms with Crippen molar-refractivity contribution in [3.8, 4) is 0 Å². The number of hydrogen-bond acceptors (Lipinski definition) is 3. The molecule has 1 unspecified atom stereocenters. The molecular weight excluding hydrogens is 325 g/mol. The van der Waals surface area contributed by atoms with Gasteiger partial charge in [0.15, 0.2) is 6.61 Å². The van der Waals surface area contributed by atoms with Gasteiger partial charge in [-0.1, -0.05) is 17.7 Å². The van der Waals surface area contributed by atoms with E-state index >= 15 is 0 Å². The second-order valence-corrected chi connectivity index (χ2v) is 5.75. The summed E-state index contributed by atoms with van der Waals surface area (Å²) in [4.78, 5) is 26.9. The van der Waals surface area contributed by atoms with E-state index in [1.54, 1.807) is 19.2 Å². The first-order valence-electron chi connectivity index (χ1n) is 7.53. The van der Waals surface area contributed by atoms with Gasteiger partial charge in [-0.25, -0.2) is 4.79 Å². The zero-order valence-corrected chi connectivity index (χ0v) is 13.5. The number of likely N-dealkylation sites (tertiary alicyclic amines) is 1. The molecule has 1 aromatic rings. The second-order valence-electron chi connectivity index (χ2n) is 5.75. The Morgan fingerprint density at radius 1 is 1.29 bits per heavy atom. The third kappa shape index (κ3) is 4.39. The normalized spacial score (nSPS) is 17.7. The van der Waals surface area contributed by atoms with Crippen LogP contribution in [0, 0.1) is 6.92 Å². The maximum atomic E-state index is 12.6. The van der Waals surface area contributed by atoms with Gasteiger partial charge < -0.3 is 9.64 Å². The Morgan fingerprint density at radius 3 is 2.50 bits per heavy atom. The molecule has 1 aliphatic rings. The molecule has 0 saturated carbocycles. The van der Waals surface area contributed by atoms with Crippen LogP contribution < -0.4 is 4.90 Å². The summed E-state index contributed by atoms with van der Waals surface area (Å²) in [5, 5.41) is 0. The molecule has 2 amide bonds. The molecule has 0 bridgehead atoms. The largest absolute Gasteiger partial charge is 0.440 e. The number of ether oxygens (including phenoxy) is 1. The number of aryl methyl sites for hydroxylation is 1. The molecule has 1 aliphatic heterocycles. The Kier molecular flexibility index (Phi) is 5.36. The van der Waals surface area contributed by atoms with Gasteiger partial charge >= 0.3 is 12.3 Å². The second kappa shape index (κ2) is 7.11. The average Bonchev–Trinajstić information content (AvgIpc) is 3.01. The molecule has 1 aromatic carbocycles. The Morgan fingerprint density at radius 2 is 1.92 bits per heavy atom. The fourth-order valence-corrected chi connectivity index (χ4v) is 2.59. The molecule has 132 valence electrons. The number of nitrogens with zero attached hydrogens (tertiary/aromatic N) is 2. The monoisotopic (exact) mass is 344 g/mol. The number of carbonyl (C=O) groups is 2. The van der Waals surface area contributed by atoms with Crippen molar-refractivity contribution in [2.75, 3.05) is 25.1 Å². The topological polar surface area (TPSA) is 49.9 Å². The lowest BCUT2D eigenvalue weighted by molar-refractivity contribution is -0.162. The van der Waals surface area contributed by atoms with E-state index < -0.39 is 24.9 Å². The highest BCUT2D eigenvalue weighted by atomic mass is 19.4. The molecular formula is C16H19F3N2O3. The maximum Gasteiger partial charge on any atom is 0.422 e. The molecule has 1 heterocycles. The highest BCUT2D eigenvalue weighted by molar-refractivity contribution is 5.98. The number of likely N-dealkylation sites (N-methyl/N-ethyl adjacent to an activating group) is 1. The standard InChI is InChI=1S/C16H19F3N2O3/c1-11-5-7-12(8-6-11)20(2)14(22)13-4-3-9-21(13)15(23)24-10-16(17,18)19/h5-8,13H,3-4,9-10H2,1-2H3. The van der Waals surface area contributed by atoms with E-state index in [1.165, 1.54) is 4.90 Å². The predicted molar refractivity (Wildman–Crippen MR) is 81.7 cm³/mol. The number of rotatable bonds is 3. The number of halogens is 3. The lowest BCUT2D eigenvalue weighted by Crippen LogP contribution is -2.47. The van der Waals surface area contributed by atoms with Gasteiger partial charge in [-0.05, 0) is 31.9 Å². The highest BCUT2D eigenvalue weighted by Gasteiger charge is 2.38. The average molecular weight is 344 g/mol. The molecule has 0 N–H and O–H groups in total. The van der Waals surface area contributed by atoms with Gasteiger partial charge in [0, 0.05) is 19.3 Å². The fourth-order valence-electron chi connectivity index (χ4n) is 2.59. The van der Waals surface area contributed by atoms with Crippen LogP contribution in [0.25, 0.3) is 0 Å². The Hall–Kier alpha value is -2.25. The minimum absolute atomic E-state index is 0.203. The van der Waals surface area contributed by atoms with Crippen molar-refractivity contribution >= 4 is 17.7 Å².